The highest BCUT2D eigenvalue weighted by molar-refractivity contribution is 4.93. The molecule has 1 heterocycles. The summed E-state index contributed by atoms with van der Waals surface area (Å²) in [7, 11) is 0. The molecule has 2 unspecified atom stereocenters. The van der Waals surface area contributed by atoms with Crippen LogP contribution >= 0.6 is 0 Å². The maximum absolute atomic E-state index is 9.13. The van der Waals surface area contributed by atoms with E-state index in [2.05, 4.69) is 48.9 Å². The number of nitrogens with zero attached hydrogens (tertiary/aromatic N) is 3. The van der Waals surface area contributed by atoms with Crippen molar-refractivity contribution in [2.75, 3.05) is 32.7 Å². The third-order valence-electron chi connectivity index (χ3n) is 3.75. The standard InChI is InChI=1S/C14H28N4/c1-5-13(4)18-8-6-17(7-9-18)11-14(10-15)16-12(2)3/h12-14,16H,5-9,11H2,1-4H3. The third kappa shape index (κ3) is 4.93. The Morgan fingerprint density at radius 2 is 1.78 bits per heavy atom. The summed E-state index contributed by atoms with van der Waals surface area (Å²) < 4.78 is 0. The monoisotopic (exact) mass is 252 g/mol. The van der Waals surface area contributed by atoms with E-state index in [1.165, 1.54) is 6.42 Å². The first-order valence-electron chi connectivity index (χ1n) is 7.18. The topological polar surface area (TPSA) is 42.3 Å². The summed E-state index contributed by atoms with van der Waals surface area (Å²) in [5, 5.41) is 12.4. The predicted molar refractivity (Wildman–Crippen MR) is 75.4 cm³/mol. The first kappa shape index (κ1) is 15.4. The minimum atomic E-state index is -0.0415. The molecule has 1 N–H and O–H groups in total. The Morgan fingerprint density at radius 3 is 2.22 bits per heavy atom. The summed E-state index contributed by atoms with van der Waals surface area (Å²) in [5.41, 5.74) is 0. The van der Waals surface area contributed by atoms with Gasteiger partial charge < -0.3 is 0 Å². The number of piperazine rings is 1. The van der Waals surface area contributed by atoms with Gasteiger partial charge in [-0.1, -0.05) is 6.92 Å². The van der Waals surface area contributed by atoms with Crippen LogP contribution in [0.5, 0.6) is 0 Å². The predicted octanol–water partition coefficient (Wildman–Crippen LogP) is 1.29. The zero-order chi connectivity index (χ0) is 13.5. The number of nitriles is 1. The Labute approximate surface area is 112 Å². The summed E-state index contributed by atoms with van der Waals surface area (Å²) in [6.07, 6.45) is 1.22. The van der Waals surface area contributed by atoms with Crippen LogP contribution in [0.1, 0.15) is 34.1 Å². The van der Waals surface area contributed by atoms with Crippen molar-refractivity contribution in [3.63, 3.8) is 0 Å². The van der Waals surface area contributed by atoms with Crippen molar-refractivity contribution < 1.29 is 0 Å². The molecule has 1 saturated heterocycles. The average molecular weight is 252 g/mol. The van der Waals surface area contributed by atoms with Crippen LogP contribution in [0.2, 0.25) is 0 Å². The van der Waals surface area contributed by atoms with Gasteiger partial charge in [-0.15, -0.1) is 0 Å². The van der Waals surface area contributed by atoms with E-state index < -0.39 is 0 Å². The van der Waals surface area contributed by atoms with Crippen molar-refractivity contribution in [3.05, 3.63) is 0 Å². The fourth-order valence-electron chi connectivity index (χ4n) is 2.44. The molecule has 0 saturated carbocycles. The van der Waals surface area contributed by atoms with E-state index in [1.807, 2.05) is 0 Å². The lowest BCUT2D eigenvalue weighted by Crippen LogP contribution is -2.52. The Kier molecular flexibility index (Phi) is 6.62. The molecule has 0 amide bonds. The SMILES string of the molecule is CCC(C)N1CCN(CC(C#N)NC(C)C)CC1. The average Bonchev–Trinajstić information content (AvgIpc) is 2.37. The molecule has 1 fully saturated rings. The van der Waals surface area contributed by atoms with E-state index in [1.54, 1.807) is 0 Å². The zero-order valence-corrected chi connectivity index (χ0v) is 12.3. The quantitative estimate of drug-likeness (QED) is 0.773. The molecule has 2 atom stereocenters. The molecule has 18 heavy (non-hydrogen) atoms. The van der Waals surface area contributed by atoms with Gasteiger partial charge in [-0.05, 0) is 27.2 Å². The molecule has 0 aromatic heterocycles. The summed E-state index contributed by atoms with van der Waals surface area (Å²) in [4.78, 5) is 4.95. The number of hydrogen-bond donors (Lipinski definition) is 1. The first-order chi connectivity index (χ1) is 8.56. The number of nitrogens with one attached hydrogen (secondary N) is 1. The lowest BCUT2D eigenvalue weighted by atomic mass is 10.1. The molecule has 1 aliphatic heterocycles. The van der Waals surface area contributed by atoms with Crippen LogP contribution in [-0.2, 0) is 0 Å². The Bertz CT molecular complexity index is 263. The lowest BCUT2D eigenvalue weighted by molar-refractivity contribution is 0.0970. The molecule has 0 radical (unpaired) electrons. The highest BCUT2D eigenvalue weighted by Gasteiger charge is 2.22. The van der Waals surface area contributed by atoms with E-state index in [4.69, 9.17) is 5.26 Å². The van der Waals surface area contributed by atoms with E-state index >= 15 is 0 Å². The van der Waals surface area contributed by atoms with Gasteiger partial charge >= 0.3 is 0 Å². The van der Waals surface area contributed by atoms with Crippen LogP contribution in [0.25, 0.3) is 0 Å². The van der Waals surface area contributed by atoms with Crippen LogP contribution in [0.15, 0.2) is 0 Å². The zero-order valence-electron chi connectivity index (χ0n) is 12.3. The van der Waals surface area contributed by atoms with E-state index in [-0.39, 0.29) is 6.04 Å². The molecule has 104 valence electrons. The highest BCUT2D eigenvalue weighted by Crippen LogP contribution is 2.09. The Morgan fingerprint density at radius 1 is 1.17 bits per heavy atom. The third-order valence-corrected chi connectivity index (χ3v) is 3.75. The van der Waals surface area contributed by atoms with E-state index in [9.17, 15) is 0 Å². The fraction of sp³-hybridized carbons (Fsp3) is 0.929. The molecule has 0 spiro atoms. The van der Waals surface area contributed by atoms with Gasteiger partial charge in [0.2, 0.25) is 0 Å². The molecule has 1 aliphatic rings. The highest BCUT2D eigenvalue weighted by atomic mass is 15.3. The summed E-state index contributed by atoms with van der Waals surface area (Å²) in [6, 6.07) is 3.38. The molecule has 0 bridgehead atoms. The molecule has 0 aromatic rings. The second kappa shape index (κ2) is 7.73. The van der Waals surface area contributed by atoms with Gasteiger partial charge in [0.05, 0.1) is 6.07 Å². The van der Waals surface area contributed by atoms with Gasteiger partial charge in [0.15, 0.2) is 0 Å². The maximum atomic E-state index is 9.13. The Hall–Kier alpha value is -0.630. The normalized spacial score (nSPS) is 21.8. The molecule has 4 nitrogen and oxygen atoms in total. The molecule has 1 rings (SSSR count). The maximum Gasteiger partial charge on any atom is 0.108 e. The van der Waals surface area contributed by atoms with Gasteiger partial charge in [-0.3, -0.25) is 15.1 Å². The Balaban J connectivity index is 2.32. The summed E-state index contributed by atoms with van der Waals surface area (Å²) in [6.45, 7) is 14.0. The van der Waals surface area contributed by atoms with Crippen molar-refractivity contribution in [2.45, 2.75) is 52.2 Å². The minimum absolute atomic E-state index is 0.0415. The van der Waals surface area contributed by atoms with E-state index in [0.29, 0.717) is 12.1 Å². The molecule has 0 aliphatic carbocycles. The smallest absolute Gasteiger partial charge is 0.108 e. The van der Waals surface area contributed by atoms with Crippen LogP contribution in [-0.4, -0.2) is 60.6 Å². The van der Waals surface area contributed by atoms with Crippen LogP contribution in [0.3, 0.4) is 0 Å². The number of rotatable bonds is 6. The largest absolute Gasteiger partial charge is 0.299 e. The lowest BCUT2D eigenvalue weighted by Gasteiger charge is -2.38. The van der Waals surface area contributed by atoms with Gasteiger partial charge in [0, 0.05) is 44.8 Å². The molecular formula is C14H28N4. The van der Waals surface area contributed by atoms with Crippen molar-refractivity contribution in [1.29, 1.82) is 5.26 Å². The van der Waals surface area contributed by atoms with Crippen molar-refractivity contribution in [1.82, 2.24) is 15.1 Å². The molecule has 0 aromatic carbocycles. The fourth-order valence-corrected chi connectivity index (χ4v) is 2.44. The van der Waals surface area contributed by atoms with Crippen LogP contribution in [0, 0.1) is 11.3 Å². The second-order valence-corrected chi connectivity index (χ2v) is 5.60. The van der Waals surface area contributed by atoms with Gasteiger partial charge in [-0.2, -0.15) is 5.26 Å². The molecular weight excluding hydrogens is 224 g/mol. The van der Waals surface area contributed by atoms with Gasteiger partial charge in [-0.25, -0.2) is 0 Å². The number of hydrogen-bond acceptors (Lipinski definition) is 4. The van der Waals surface area contributed by atoms with Crippen molar-refractivity contribution in [3.8, 4) is 6.07 Å². The van der Waals surface area contributed by atoms with Crippen molar-refractivity contribution >= 4 is 0 Å². The first-order valence-corrected chi connectivity index (χ1v) is 7.18. The second-order valence-electron chi connectivity index (χ2n) is 5.60. The summed E-state index contributed by atoms with van der Waals surface area (Å²) in [5.74, 6) is 0. The van der Waals surface area contributed by atoms with Crippen LogP contribution in [0.4, 0.5) is 0 Å². The van der Waals surface area contributed by atoms with Gasteiger partial charge in [0.25, 0.3) is 0 Å². The summed E-state index contributed by atoms with van der Waals surface area (Å²) >= 11 is 0. The van der Waals surface area contributed by atoms with E-state index in [0.717, 1.165) is 32.7 Å². The minimum Gasteiger partial charge on any atom is -0.299 e. The van der Waals surface area contributed by atoms with Crippen molar-refractivity contribution in [2.24, 2.45) is 0 Å². The van der Waals surface area contributed by atoms with Gasteiger partial charge in [0.1, 0.15) is 6.04 Å². The van der Waals surface area contributed by atoms with Crippen LogP contribution < -0.4 is 5.32 Å². The molecule has 4 heteroatoms.